The molecule has 1 saturated heterocycles. The van der Waals surface area contributed by atoms with Crippen LogP contribution in [0.4, 0.5) is 0 Å². The van der Waals surface area contributed by atoms with Gasteiger partial charge in [-0.1, -0.05) is 36.4 Å². The Morgan fingerprint density at radius 1 is 1.09 bits per heavy atom. The molecule has 0 bridgehead atoms. The maximum absolute atomic E-state index is 13.3. The molecule has 0 unspecified atom stereocenters. The maximum atomic E-state index is 13.3. The van der Waals surface area contributed by atoms with Crippen LogP contribution in [0.5, 0.6) is 0 Å². The monoisotopic (exact) mass is 433 g/mol. The lowest BCUT2D eigenvalue weighted by Gasteiger charge is -2.33. The number of amides is 1. The van der Waals surface area contributed by atoms with Crippen molar-refractivity contribution in [1.29, 1.82) is 0 Å². The average Bonchev–Trinajstić information content (AvgIpc) is 3.16. The van der Waals surface area contributed by atoms with Crippen molar-refractivity contribution in [1.82, 2.24) is 14.8 Å². The van der Waals surface area contributed by atoms with Gasteiger partial charge < -0.3 is 15.0 Å². The van der Waals surface area contributed by atoms with E-state index in [2.05, 4.69) is 48.0 Å². The van der Waals surface area contributed by atoms with E-state index in [1.165, 1.54) is 16.7 Å². The number of benzene rings is 2. The molecule has 2 N–H and O–H groups in total. The Labute approximate surface area is 191 Å². The van der Waals surface area contributed by atoms with E-state index in [0.29, 0.717) is 24.7 Å². The normalized spacial score (nSPS) is 15.4. The van der Waals surface area contributed by atoms with Crippen LogP contribution in [0.25, 0.3) is 10.9 Å². The molecule has 1 aromatic heterocycles. The fourth-order valence-electron chi connectivity index (χ4n) is 5.30. The molecule has 0 atom stereocenters. The van der Waals surface area contributed by atoms with Gasteiger partial charge in [0.1, 0.15) is 5.69 Å². The van der Waals surface area contributed by atoms with Crippen LogP contribution in [-0.2, 0) is 6.54 Å². The minimum absolute atomic E-state index is 0.0268. The van der Waals surface area contributed by atoms with E-state index in [4.69, 9.17) is 0 Å². The first-order chi connectivity index (χ1) is 15.5. The van der Waals surface area contributed by atoms with E-state index in [1.54, 1.807) is 4.90 Å². The van der Waals surface area contributed by atoms with Crippen molar-refractivity contribution >= 4 is 16.8 Å². The molecule has 1 aliphatic rings. The number of hydrogen-bond acceptors (Lipinski definition) is 3. The summed E-state index contributed by atoms with van der Waals surface area (Å²) in [5.41, 5.74) is 7.06. The van der Waals surface area contributed by atoms with Crippen molar-refractivity contribution < 1.29 is 9.90 Å². The highest BCUT2D eigenvalue weighted by Crippen LogP contribution is 2.34. The van der Waals surface area contributed by atoms with Gasteiger partial charge in [0.2, 0.25) is 0 Å². The SMILES string of the molecule is CCN(CCO)C(=O)c1[nH]c2ccccc2c1CN1CCC(c2c(C)cccc2C)CC1. The minimum atomic E-state index is -0.0295. The molecule has 0 spiro atoms. The number of para-hydroxylation sites is 1. The fraction of sp³-hybridized carbons (Fsp3) is 0.444. The number of nitrogens with one attached hydrogen (secondary N) is 1. The summed E-state index contributed by atoms with van der Waals surface area (Å²) in [6.07, 6.45) is 2.28. The molecular weight excluding hydrogens is 398 g/mol. The summed E-state index contributed by atoms with van der Waals surface area (Å²) in [5, 5.41) is 10.5. The third-order valence-corrected chi connectivity index (χ3v) is 6.99. The van der Waals surface area contributed by atoms with Gasteiger partial charge >= 0.3 is 0 Å². The quantitative estimate of drug-likeness (QED) is 0.572. The molecule has 0 aliphatic carbocycles. The van der Waals surface area contributed by atoms with Crippen molar-refractivity contribution in [2.45, 2.75) is 46.1 Å². The summed E-state index contributed by atoms with van der Waals surface area (Å²) in [5.74, 6) is 0.579. The van der Waals surface area contributed by atoms with Gasteiger partial charge in [0.15, 0.2) is 0 Å². The molecule has 1 amide bonds. The number of aryl methyl sites for hydroxylation is 2. The predicted octanol–water partition coefficient (Wildman–Crippen LogP) is 4.62. The number of aliphatic hydroxyl groups is 1. The summed E-state index contributed by atoms with van der Waals surface area (Å²) in [6.45, 7) is 10.1. The Kier molecular flexibility index (Phi) is 6.97. The molecule has 2 aromatic carbocycles. The molecule has 2 heterocycles. The molecular formula is C27H35N3O2. The molecule has 1 fully saturated rings. The number of hydrogen-bond donors (Lipinski definition) is 2. The highest BCUT2D eigenvalue weighted by Gasteiger charge is 2.27. The Morgan fingerprint density at radius 3 is 2.44 bits per heavy atom. The number of rotatable bonds is 7. The number of carbonyl (C=O) groups excluding carboxylic acids is 1. The van der Waals surface area contributed by atoms with Crippen LogP contribution in [0.1, 0.15) is 58.4 Å². The van der Waals surface area contributed by atoms with Crippen molar-refractivity contribution in [3.05, 3.63) is 70.4 Å². The minimum Gasteiger partial charge on any atom is -0.395 e. The standard InChI is InChI=1S/C27H35N3O2/c1-4-30(16-17-31)27(32)26-23(22-10-5-6-11-24(22)28-26)18-29-14-12-21(13-15-29)25-19(2)8-7-9-20(25)3/h5-11,21,28,31H,4,12-18H2,1-3H3. The number of aromatic amines is 1. The Morgan fingerprint density at radius 2 is 1.78 bits per heavy atom. The number of piperidine rings is 1. The lowest BCUT2D eigenvalue weighted by Crippen LogP contribution is -2.36. The lowest BCUT2D eigenvalue weighted by molar-refractivity contribution is 0.0724. The third-order valence-electron chi connectivity index (χ3n) is 6.99. The number of nitrogens with zero attached hydrogens (tertiary/aromatic N) is 2. The summed E-state index contributed by atoms with van der Waals surface area (Å²) in [4.78, 5) is 20.8. The second-order valence-electron chi connectivity index (χ2n) is 8.99. The number of carbonyl (C=O) groups is 1. The van der Waals surface area contributed by atoms with E-state index < -0.39 is 0 Å². The second kappa shape index (κ2) is 9.88. The molecule has 4 rings (SSSR count). The van der Waals surface area contributed by atoms with Gasteiger partial charge in [-0.05, 0) is 75.4 Å². The van der Waals surface area contributed by atoms with E-state index in [-0.39, 0.29) is 12.5 Å². The Bertz CT molecular complexity index is 1060. The van der Waals surface area contributed by atoms with E-state index in [1.807, 2.05) is 25.1 Å². The van der Waals surface area contributed by atoms with Crippen LogP contribution in [0.2, 0.25) is 0 Å². The fourth-order valence-corrected chi connectivity index (χ4v) is 5.30. The first-order valence-electron chi connectivity index (χ1n) is 11.8. The lowest BCUT2D eigenvalue weighted by atomic mass is 9.84. The smallest absolute Gasteiger partial charge is 0.270 e. The van der Waals surface area contributed by atoms with Crippen LogP contribution in [0.15, 0.2) is 42.5 Å². The topological polar surface area (TPSA) is 59.6 Å². The Balaban J connectivity index is 1.55. The van der Waals surface area contributed by atoms with Gasteiger partial charge in [-0.25, -0.2) is 0 Å². The largest absolute Gasteiger partial charge is 0.395 e. The summed E-state index contributed by atoms with van der Waals surface area (Å²) in [6, 6.07) is 14.8. The van der Waals surface area contributed by atoms with E-state index >= 15 is 0 Å². The maximum Gasteiger partial charge on any atom is 0.270 e. The number of H-pyrrole nitrogens is 1. The molecule has 0 saturated carbocycles. The summed E-state index contributed by atoms with van der Waals surface area (Å²) < 4.78 is 0. The van der Waals surface area contributed by atoms with Crippen molar-refractivity contribution in [2.75, 3.05) is 32.8 Å². The average molecular weight is 434 g/mol. The zero-order valence-electron chi connectivity index (χ0n) is 19.5. The molecule has 32 heavy (non-hydrogen) atoms. The molecule has 170 valence electrons. The zero-order valence-corrected chi connectivity index (χ0v) is 19.5. The highest BCUT2D eigenvalue weighted by atomic mass is 16.3. The predicted molar refractivity (Wildman–Crippen MR) is 130 cm³/mol. The first-order valence-corrected chi connectivity index (χ1v) is 11.8. The number of likely N-dealkylation sites (tertiary alicyclic amines) is 1. The van der Waals surface area contributed by atoms with Gasteiger partial charge in [-0.3, -0.25) is 9.69 Å². The molecule has 1 aliphatic heterocycles. The van der Waals surface area contributed by atoms with Gasteiger partial charge in [0, 0.05) is 36.1 Å². The van der Waals surface area contributed by atoms with E-state index in [9.17, 15) is 9.90 Å². The van der Waals surface area contributed by atoms with Crippen molar-refractivity contribution in [3.63, 3.8) is 0 Å². The van der Waals surface area contributed by atoms with Gasteiger partial charge in [0.05, 0.1) is 6.61 Å². The van der Waals surface area contributed by atoms with Crippen LogP contribution >= 0.6 is 0 Å². The van der Waals surface area contributed by atoms with Crippen molar-refractivity contribution in [2.24, 2.45) is 0 Å². The number of aromatic nitrogens is 1. The third kappa shape index (κ3) is 4.45. The summed E-state index contributed by atoms with van der Waals surface area (Å²) >= 11 is 0. The van der Waals surface area contributed by atoms with Crippen LogP contribution < -0.4 is 0 Å². The van der Waals surface area contributed by atoms with Gasteiger partial charge in [-0.2, -0.15) is 0 Å². The molecule has 0 radical (unpaired) electrons. The summed E-state index contributed by atoms with van der Waals surface area (Å²) in [7, 11) is 0. The van der Waals surface area contributed by atoms with Gasteiger partial charge in [0.25, 0.3) is 5.91 Å². The number of fused-ring (bicyclic) bond motifs is 1. The zero-order chi connectivity index (χ0) is 22.7. The van der Waals surface area contributed by atoms with Gasteiger partial charge in [-0.15, -0.1) is 0 Å². The molecule has 5 heteroatoms. The molecule has 5 nitrogen and oxygen atoms in total. The van der Waals surface area contributed by atoms with Crippen molar-refractivity contribution in [3.8, 4) is 0 Å². The van der Waals surface area contributed by atoms with Crippen LogP contribution in [-0.4, -0.2) is 58.6 Å². The van der Waals surface area contributed by atoms with E-state index in [0.717, 1.165) is 48.9 Å². The first kappa shape index (κ1) is 22.6. The Hall–Kier alpha value is -2.63. The number of likely N-dealkylation sites (N-methyl/N-ethyl adjacent to an activating group) is 1. The van der Waals surface area contributed by atoms with Crippen LogP contribution in [0.3, 0.4) is 0 Å². The van der Waals surface area contributed by atoms with Crippen LogP contribution in [0, 0.1) is 13.8 Å². The highest BCUT2D eigenvalue weighted by molar-refractivity contribution is 6.01. The number of aliphatic hydroxyl groups excluding tert-OH is 1. The molecule has 3 aromatic rings. The second-order valence-corrected chi connectivity index (χ2v) is 8.99.